The van der Waals surface area contributed by atoms with E-state index in [4.69, 9.17) is 5.73 Å². The van der Waals surface area contributed by atoms with E-state index in [2.05, 4.69) is 29.7 Å². The lowest BCUT2D eigenvalue weighted by Gasteiger charge is -2.26. The maximum absolute atomic E-state index is 9.27. The predicted octanol–water partition coefficient (Wildman–Crippen LogP) is 3.00. The van der Waals surface area contributed by atoms with E-state index in [-0.39, 0.29) is 0 Å². The molecule has 1 aromatic heterocycles. The van der Waals surface area contributed by atoms with Gasteiger partial charge in [-0.3, -0.25) is 4.90 Å². The van der Waals surface area contributed by atoms with Gasteiger partial charge in [-0.1, -0.05) is 13.8 Å². The summed E-state index contributed by atoms with van der Waals surface area (Å²) in [5.41, 5.74) is 8.25. The van der Waals surface area contributed by atoms with Gasteiger partial charge < -0.3 is 10.6 Å². The van der Waals surface area contributed by atoms with Crippen LogP contribution in [0.4, 0.5) is 10.7 Å². The summed E-state index contributed by atoms with van der Waals surface area (Å²) in [6.07, 6.45) is 3.67. The van der Waals surface area contributed by atoms with Gasteiger partial charge in [0.2, 0.25) is 0 Å². The van der Waals surface area contributed by atoms with Crippen LogP contribution in [0.15, 0.2) is 0 Å². The van der Waals surface area contributed by atoms with Crippen molar-refractivity contribution in [3.63, 3.8) is 0 Å². The fraction of sp³-hybridized carbons (Fsp3) is 0.688. The molecule has 2 heterocycles. The Morgan fingerprint density at radius 1 is 1.33 bits per heavy atom. The summed E-state index contributed by atoms with van der Waals surface area (Å²) in [6, 6.07) is 2.91. The third-order valence-electron chi connectivity index (χ3n) is 4.83. The smallest absolute Gasteiger partial charge is 0.130 e. The Hall–Kier alpha value is -1.25. The standard InChI is InChI=1S/C16H24N4S/c1-3-19(4-2)12-7-8-20(10-12)16-14(11-5-6-11)15(18)13(9-17)21-16/h11-12H,3-8,10,18H2,1-2H3. The molecule has 0 spiro atoms. The average Bonchev–Trinajstić information content (AvgIpc) is 3.11. The normalized spacial score (nSPS) is 22.0. The first-order valence-corrected chi connectivity index (χ1v) is 8.82. The molecule has 1 aromatic rings. The fourth-order valence-electron chi connectivity index (χ4n) is 3.49. The van der Waals surface area contributed by atoms with Crippen LogP contribution in [0, 0.1) is 11.3 Å². The maximum atomic E-state index is 9.27. The number of hydrogen-bond donors (Lipinski definition) is 1. The van der Waals surface area contributed by atoms with Gasteiger partial charge in [0.15, 0.2) is 0 Å². The molecule has 2 aliphatic rings. The molecule has 1 saturated carbocycles. The molecule has 1 saturated heterocycles. The maximum Gasteiger partial charge on any atom is 0.130 e. The molecule has 2 N–H and O–H groups in total. The highest BCUT2D eigenvalue weighted by molar-refractivity contribution is 7.17. The summed E-state index contributed by atoms with van der Waals surface area (Å²) in [5.74, 6) is 0.603. The summed E-state index contributed by atoms with van der Waals surface area (Å²) in [6.45, 7) is 8.86. The van der Waals surface area contributed by atoms with E-state index < -0.39 is 0 Å². The van der Waals surface area contributed by atoms with Crippen LogP contribution in [0.3, 0.4) is 0 Å². The van der Waals surface area contributed by atoms with Gasteiger partial charge in [0.25, 0.3) is 0 Å². The van der Waals surface area contributed by atoms with Crippen molar-refractivity contribution in [2.24, 2.45) is 0 Å². The van der Waals surface area contributed by atoms with Crippen molar-refractivity contribution in [1.29, 1.82) is 5.26 Å². The van der Waals surface area contributed by atoms with Crippen molar-refractivity contribution in [2.75, 3.05) is 36.8 Å². The number of rotatable bonds is 5. The number of nitriles is 1. The van der Waals surface area contributed by atoms with E-state index in [0.717, 1.165) is 31.9 Å². The zero-order chi connectivity index (χ0) is 15.0. The number of nitrogen functional groups attached to an aromatic ring is 1. The molecule has 5 heteroatoms. The minimum Gasteiger partial charge on any atom is -0.397 e. The number of likely N-dealkylation sites (N-methyl/N-ethyl adjacent to an activating group) is 1. The van der Waals surface area contributed by atoms with Crippen LogP contribution in [0.25, 0.3) is 0 Å². The summed E-state index contributed by atoms with van der Waals surface area (Å²) >= 11 is 1.60. The lowest BCUT2D eigenvalue weighted by atomic mass is 10.1. The lowest BCUT2D eigenvalue weighted by molar-refractivity contribution is 0.232. The Kier molecular flexibility index (Phi) is 4.10. The molecule has 21 heavy (non-hydrogen) atoms. The van der Waals surface area contributed by atoms with Gasteiger partial charge in [0.05, 0.1) is 10.7 Å². The monoisotopic (exact) mass is 304 g/mol. The molecule has 0 bridgehead atoms. The Balaban J connectivity index is 1.83. The van der Waals surface area contributed by atoms with E-state index in [9.17, 15) is 5.26 Å². The van der Waals surface area contributed by atoms with Crippen LogP contribution in [0.1, 0.15) is 49.5 Å². The van der Waals surface area contributed by atoms with E-state index in [1.807, 2.05) is 0 Å². The van der Waals surface area contributed by atoms with Crippen molar-refractivity contribution < 1.29 is 0 Å². The summed E-state index contributed by atoms with van der Waals surface area (Å²) in [4.78, 5) is 5.72. The predicted molar refractivity (Wildman–Crippen MR) is 89.0 cm³/mol. The number of nitrogens with zero attached hydrogens (tertiary/aromatic N) is 3. The van der Waals surface area contributed by atoms with Gasteiger partial charge in [0, 0.05) is 24.7 Å². The van der Waals surface area contributed by atoms with E-state index in [0.29, 0.717) is 16.8 Å². The lowest BCUT2D eigenvalue weighted by Crippen LogP contribution is -2.37. The van der Waals surface area contributed by atoms with Crippen molar-refractivity contribution in [3.05, 3.63) is 10.4 Å². The first kappa shape index (κ1) is 14.7. The Morgan fingerprint density at radius 2 is 2.05 bits per heavy atom. The highest BCUT2D eigenvalue weighted by Gasteiger charge is 2.36. The summed E-state index contributed by atoms with van der Waals surface area (Å²) in [5, 5.41) is 10.6. The van der Waals surface area contributed by atoms with E-state index >= 15 is 0 Å². The first-order valence-electron chi connectivity index (χ1n) is 8.00. The molecular formula is C16H24N4S. The van der Waals surface area contributed by atoms with Gasteiger partial charge >= 0.3 is 0 Å². The minimum absolute atomic E-state index is 0.603. The second-order valence-corrected chi connectivity index (χ2v) is 7.06. The van der Waals surface area contributed by atoms with Gasteiger partial charge in [0.1, 0.15) is 10.9 Å². The van der Waals surface area contributed by atoms with Crippen molar-refractivity contribution in [1.82, 2.24) is 4.90 Å². The first-order chi connectivity index (χ1) is 10.2. The molecule has 0 amide bonds. The van der Waals surface area contributed by atoms with Gasteiger partial charge in [-0.2, -0.15) is 5.26 Å². The van der Waals surface area contributed by atoms with Crippen LogP contribution in [-0.2, 0) is 0 Å². The largest absolute Gasteiger partial charge is 0.397 e. The molecule has 4 nitrogen and oxygen atoms in total. The van der Waals surface area contributed by atoms with Crippen LogP contribution < -0.4 is 10.6 Å². The van der Waals surface area contributed by atoms with Crippen molar-refractivity contribution in [2.45, 2.75) is 45.1 Å². The molecular weight excluding hydrogens is 280 g/mol. The highest BCUT2D eigenvalue weighted by Crippen LogP contribution is 2.52. The molecule has 1 aliphatic heterocycles. The summed E-state index contributed by atoms with van der Waals surface area (Å²) in [7, 11) is 0. The zero-order valence-electron chi connectivity index (χ0n) is 12.9. The Labute approximate surface area is 131 Å². The number of nitrogens with two attached hydrogens (primary N) is 1. The van der Waals surface area contributed by atoms with Crippen molar-refractivity contribution >= 4 is 22.0 Å². The number of hydrogen-bond acceptors (Lipinski definition) is 5. The molecule has 114 valence electrons. The Bertz CT molecular complexity index is 551. The van der Waals surface area contributed by atoms with Crippen LogP contribution in [0.5, 0.6) is 0 Å². The van der Waals surface area contributed by atoms with E-state index in [1.54, 1.807) is 11.3 Å². The van der Waals surface area contributed by atoms with Crippen LogP contribution >= 0.6 is 11.3 Å². The van der Waals surface area contributed by atoms with E-state index in [1.165, 1.54) is 29.8 Å². The van der Waals surface area contributed by atoms with Crippen LogP contribution in [-0.4, -0.2) is 37.1 Å². The Morgan fingerprint density at radius 3 is 2.62 bits per heavy atom. The third-order valence-corrected chi connectivity index (χ3v) is 6.02. The third kappa shape index (κ3) is 2.63. The molecule has 1 aliphatic carbocycles. The molecule has 2 fully saturated rings. The SMILES string of the molecule is CCN(CC)C1CCN(c2sc(C#N)c(N)c2C2CC2)C1. The van der Waals surface area contributed by atoms with Gasteiger partial charge in [-0.05, 0) is 38.3 Å². The number of anilines is 2. The molecule has 0 radical (unpaired) electrons. The van der Waals surface area contributed by atoms with Crippen LogP contribution in [0.2, 0.25) is 0 Å². The molecule has 1 atom stereocenters. The zero-order valence-corrected chi connectivity index (χ0v) is 13.7. The quantitative estimate of drug-likeness (QED) is 0.908. The molecule has 1 unspecified atom stereocenters. The second kappa shape index (κ2) is 5.86. The highest BCUT2D eigenvalue weighted by atomic mass is 32.1. The molecule has 0 aromatic carbocycles. The van der Waals surface area contributed by atoms with Gasteiger partial charge in [-0.25, -0.2) is 0 Å². The number of thiophene rings is 1. The topological polar surface area (TPSA) is 56.3 Å². The average molecular weight is 304 g/mol. The minimum atomic E-state index is 0.603. The van der Waals surface area contributed by atoms with Crippen molar-refractivity contribution in [3.8, 4) is 6.07 Å². The summed E-state index contributed by atoms with van der Waals surface area (Å²) < 4.78 is 0. The van der Waals surface area contributed by atoms with Gasteiger partial charge in [-0.15, -0.1) is 11.3 Å². The fourth-order valence-corrected chi connectivity index (χ4v) is 4.63. The molecule has 3 rings (SSSR count). The second-order valence-electron chi connectivity index (χ2n) is 6.06.